The number of guanidine groups is 1. The van der Waals surface area contributed by atoms with Crippen LogP contribution in [0, 0.1) is 5.41 Å². The number of hydrogen-bond acceptors (Lipinski definition) is 3. The van der Waals surface area contributed by atoms with E-state index in [1.807, 2.05) is 0 Å². The first-order chi connectivity index (χ1) is 10.1. The fourth-order valence-corrected chi connectivity index (χ4v) is 3.69. The summed E-state index contributed by atoms with van der Waals surface area (Å²) in [5.74, 6) is 0.662. The molecular weight excluding hydrogens is 300 g/mol. The van der Waals surface area contributed by atoms with Gasteiger partial charge in [-0.3, -0.25) is 4.90 Å². The minimum absolute atomic E-state index is 0.292. The van der Waals surface area contributed by atoms with Crippen molar-refractivity contribution in [2.45, 2.75) is 33.6 Å². The van der Waals surface area contributed by atoms with Crippen LogP contribution < -0.4 is 0 Å². The van der Waals surface area contributed by atoms with Crippen molar-refractivity contribution in [3.8, 4) is 0 Å². The summed E-state index contributed by atoms with van der Waals surface area (Å²) in [5.41, 5.74) is 0.292. The molecule has 0 aromatic heterocycles. The van der Waals surface area contributed by atoms with Crippen LogP contribution in [0.25, 0.3) is 0 Å². The van der Waals surface area contributed by atoms with E-state index in [0.29, 0.717) is 11.4 Å². The van der Waals surface area contributed by atoms with E-state index in [1.165, 1.54) is 6.26 Å². The molecule has 0 saturated carbocycles. The van der Waals surface area contributed by atoms with Crippen LogP contribution in [0.15, 0.2) is 4.40 Å². The third-order valence-electron chi connectivity index (χ3n) is 3.99. The van der Waals surface area contributed by atoms with Crippen LogP contribution in [0.1, 0.15) is 33.6 Å². The molecule has 2 saturated heterocycles. The third-order valence-corrected chi connectivity index (χ3v) is 4.48. The quantitative estimate of drug-likeness (QED) is 0.560. The summed E-state index contributed by atoms with van der Waals surface area (Å²) in [7, 11) is -3.36. The van der Waals surface area contributed by atoms with E-state index in [0.717, 1.165) is 58.7 Å². The molecule has 0 aromatic rings. The lowest BCUT2D eigenvalue weighted by Crippen LogP contribution is -2.54. The Kier molecular flexibility index (Phi) is 5.37. The first-order valence-electron chi connectivity index (χ1n) is 8.16. The largest absolute Gasteiger partial charge is 0.342 e. The lowest BCUT2D eigenvalue weighted by molar-refractivity contribution is 0.130. The minimum atomic E-state index is -3.36. The molecule has 128 valence electrons. The molecule has 7 heteroatoms. The fraction of sp³-hybridized carbons (Fsp3) is 0.933. The molecule has 22 heavy (non-hydrogen) atoms. The topological polar surface area (TPSA) is 56.2 Å². The van der Waals surface area contributed by atoms with Gasteiger partial charge in [-0.2, -0.15) is 0 Å². The lowest BCUT2D eigenvalue weighted by atomic mass is 9.96. The monoisotopic (exact) mass is 330 g/mol. The zero-order valence-corrected chi connectivity index (χ0v) is 15.2. The zero-order valence-electron chi connectivity index (χ0n) is 14.4. The van der Waals surface area contributed by atoms with Crippen molar-refractivity contribution in [3.63, 3.8) is 0 Å². The van der Waals surface area contributed by atoms with Crippen LogP contribution in [0.2, 0.25) is 0 Å². The van der Waals surface area contributed by atoms with Gasteiger partial charge in [0.05, 0.1) is 6.26 Å². The molecular formula is C15H30N4O2S. The number of likely N-dealkylation sites (tertiary alicyclic amines) is 1. The molecule has 0 amide bonds. The summed E-state index contributed by atoms with van der Waals surface area (Å²) < 4.78 is 27.3. The number of hydrogen-bond donors (Lipinski definition) is 0. The second-order valence-electron chi connectivity index (χ2n) is 7.64. The van der Waals surface area contributed by atoms with Crippen molar-refractivity contribution >= 4 is 16.0 Å². The number of sulfonamides is 1. The Labute approximate surface area is 135 Å². The highest BCUT2D eigenvalue weighted by molar-refractivity contribution is 7.89. The summed E-state index contributed by atoms with van der Waals surface area (Å²) in [6.45, 7) is 13.3. The van der Waals surface area contributed by atoms with Gasteiger partial charge < -0.3 is 9.80 Å². The van der Waals surface area contributed by atoms with Crippen molar-refractivity contribution in [1.29, 1.82) is 0 Å². The van der Waals surface area contributed by atoms with Crippen molar-refractivity contribution in [2.75, 3.05) is 52.1 Å². The molecule has 6 nitrogen and oxygen atoms in total. The van der Waals surface area contributed by atoms with Gasteiger partial charge in [-0.15, -0.1) is 4.40 Å². The molecule has 0 N–H and O–H groups in total. The molecule has 0 spiro atoms. The number of nitrogens with zero attached hydrogens (tertiary/aromatic N) is 4. The summed E-state index contributed by atoms with van der Waals surface area (Å²) >= 11 is 0. The Morgan fingerprint density at radius 1 is 0.955 bits per heavy atom. The van der Waals surface area contributed by atoms with E-state index in [4.69, 9.17) is 0 Å². The highest BCUT2D eigenvalue weighted by Crippen LogP contribution is 2.18. The van der Waals surface area contributed by atoms with Gasteiger partial charge in [0.15, 0.2) is 0 Å². The van der Waals surface area contributed by atoms with E-state index in [-0.39, 0.29) is 0 Å². The van der Waals surface area contributed by atoms with Crippen molar-refractivity contribution in [2.24, 2.45) is 9.81 Å². The predicted molar refractivity (Wildman–Crippen MR) is 90.6 cm³/mol. The number of piperazine rings is 1. The van der Waals surface area contributed by atoms with Crippen molar-refractivity contribution in [3.05, 3.63) is 0 Å². The first kappa shape index (κ1) is 17.5. The smallest absolute Gasteiger partial charge is 0.253 e. The van der Waals surface area contributed by atoms with Crippen molar-refractivity contribution < 1.29 is 8.42 Å². The summed E-state index contributed by atoms with van der Waals surface area (Å²) in [6, 6.07) is 0. The highest BCUT2D eigenvalue weighted by atomic mass is 32.2. The number of rotatable bonds is 2. The van der Waals surface area contributed by atoms with Gasteiger partial charge in [0.2, 0.25) is 5.96 Å². The molecule has 2 heterocycles. The van der Waals surface area contributed by atoms with Gasteiger partial charge in [0, 0.05) is 45.8 Å². The third kappa shape index (κ3) is 5.43. The molecule has 2 fully saturated rings. The van der Waals surface area contributed by atoms with E-state index in [2.05, 4.69) is 39.9 Å². The standard InChI is InChI=1S/C15H30N4O2S/c1-15(2,3)13-17-9-11-19(12-10-17)14(16-22(4,20)21)18-7-5-6-8-18/h5-13H2,1-4H3/b16-14+. The second-order valence-corrected chi connectivity index (χ2v) is 9.29. The van der Waals surface area contributed by atoms with Crippen LogP contribution >= 0.6 is 0 Å². The van der Waals surface area contributed by atoms with Gasteiger partial charge in [-0.1, -0.05) is 20.8 Å². The first-order valence-corrected chi connectivity index (χ1v) is 10.0. The average molecular weight is 330 g/mol. The molecule has 0 radical (unpaired) electrons. The fourth-order valence-electron chi connectivity index (χ4n) is 3.16. The summed E-state index contributed by atoms with van der Waals surface area (Å²) in [6.07, 6.45) is 3.42. The Bertz CT molecular complexity index is 496. The van der Waals surface area contributed by atoms with E-state index < -0.39 is 10.0 Å². The molecule has 0 atom stereocenters. The molecule has 0 aliphatic carbocycles. The molecule has 0 bridgehead atoms. The van der Waals surface area contributed by atoms with Gasteiger partial charge >= 0.3 is 0 Å². The lowest BCUT2D eigenvalue weighted by Gasteiger charge is -2.40. The maximum atomic E-state index is 11.6. The second kappa shape index (κ2) is 6.74. The Morgan fingerprint density at radius 2 is 1.45 bits per heavy atom. The van der Waals surface area contributed by atoms with Crippen LogP contribution in [0.5, 0.6) is 0 Å². The maximum Gasteiger partial charge on any atom is 0.253 e. The Morgan fingerprint density at radius 3 is 1.91 bits per heavy atom. The Hall–Kier alpha value is -0.820. The van der Waals surface area contributed by atoms with Gasteiger partial charge in [0.1, 0.15) is 0 Å². The maximum absolute atomic E-state index is 11.6. The Balaban J connectivity index is 2.03. The molecule has 0 unspecified atom stereocenters. The molecule has 2 rings (SSSR count). The van der Waals surface area contributed by atoms with Crippen molar-refractivity contribution in [1.82, 2.24) is 14.7 Å². The minimum Gasteiger partial charge on any atom is -0.342 e. The normalized spacial score (nSPS) is 22.5. The average Bonchev–Trinajstić information content (AvgIpc) is 2.87. The van der Waals surface area contributed by atoms with Gasteiger partial charge in [-0.05, 0) is 18.3 Å². The summed E-state index contributed by atoms with van der Waals surface area (Å²) in [4.78, 5) is 6.73. The SMILES string of the molecule is CC(C)(C)CN1CCN(/C(=N/S(C)(=O)=O)N2CCCC2)CC1. The van der Waals surface area contributed by atoms with Crippen LogP contribution in [0.4, 0.5) is 0 Å². The van der Waals surface area contributed by atoms with Gasteiger partial charge in [-0.25, -0.2) is 8.42 Å². The predicted octanol–water partition coefficient (Wildman–Crippen LogP) is 1.06. The van der Waals surface area contributed by atoms with E-state index in [1.54, 1.807) is 0 Å². The van der Waals surface area contributed by atoms with E-state index in [9.17, 15) is 8.42 Å². The zero-order chi connectivity index (χ0) is 16.4. The molecule has 0 aromatic carbocycles. The summed E-state index contributed by atoms with van der Waals surface area (Å²) in [5, 5.41) is 0. The molecule has 2 aliphatic rings. The van der Waals surface area contributed by atoms with Gasteiger partial charge in [0.25, 0.3) is 10.0 Å². The van der Waals surface area contributed by atoms with E-state index >= 15 is 0 Å². The highest BCUT2D eigenvalue weighted by Gasteiger charge is 2.28. The van der Waals surface area contributed by atoms with Crippen LogP contribution in [-0.2, 0) is 10.0 Å². The molecule has 2 aliphatic heterocycles. The van der Waals surface area contributed by atoms with Crippen LogP contribution in [0.3, 0.4) is 0 Å². The van der Waals surface area contributed by atoms with Crippen LogP contribution in [-0.4, -0.2) is 81.1 Å².